The molecule has 0 amide bonds. The number of carbonyl (C=O) groups excluding carboxylic acids is 1. The monoisotopic (exact) mass is 266 g/mol. The Kier molecular flexibility index (Phi) is 8.33. The van der Waals surface area contributed by atoms with Gasteiger partial charge in [-0.25, -0.2) is 11.5 Å². The van der Waals surface area contributed by atoms with Crippen LogP contribution in [0.5, 0.6) is 0 Å². The summed E-state index contributed by atoms with van der Waals surface area (Å²) in [7, 11) is 0. The first-order chi connectivity index (χ1) is 2.81. The van der Waals surface area contributed by atoms with Crippen LogP contribution in [0.3, 0.4) is 0 Å². The van der Waals surface area contributed by atoms with Gasteiger partial charge in [0.2, 0.25) is 0 Å². The maximum atomic E-state index is 9.39. The van der Waals surface area contributed by atoms with Gasteiger partial charge in [0.05, 0.1) is 0 Å². The Morgan fingerprint density at radius 2 is 2.29 bits per heavy atom. The second kappa shape index (κ2) is 5.85. The summed E-state index contributed by atoms with van der Waals surface area (Å²) in [4.78, 5) is 9.39. The Morgan fingerprint density at radius 3 is 2.29 bits per heavy atom. The second-order valence-electron chi connectivity index (χ2n) is 0.969. The number of nitrogens with zero attached hydrogens (tertiary/aromatic N) is 1. The average Bonchev–Trinajstić information content (AvgIpc) is 1.65. The predicted molar refractivity (Wildman–Crippen MR) is 20.5 cm³/mol. The topological polar surface area (TPSA) is 40.9 Å². The molecular formula is C4H4NOW-. The summed E-state index contributed by atoms with van der Waals surface area (Å²) in [5.41, 5.74) is 0. The third-order valence-corrected chi connectivity index (χ3v) is 0.370. The summed E-state index contributed by atoms with van der Waals surface area (Å²) < 4.78 is 0. The molecule has 0 rings (SSSR count). The van der Waals surface area contributed by atoms with Gasteiger partial charge in [-0.1, -0.05) is 12.8 Å². The normalized spacial score (nSPS) is 10.3. The molecule has 0 N–H and O–H groups in total. The predicted octanol–water partition coefficient (Wildman–Crippen LogP) is 0.253. The first-order valence-corrected chi connectivity index (χ1v) is 1.58. The number of rotatable bonds is 1. The Labute approximate surface area is 56.8 Å². The quantitative estimate of drug-likeness (QED) is 0.638. The van der Waals surface area contributed by atoms with E-state index in [2.05, 4.69) is 0 Å². The maximum absolute atomic E-state index is 9.39. The summed E-state index contributed by atoms with van der Waals surface area (Å²) in [5, 5.41) is 7.82. The van der Waals surface area contributed by atoms with Gasteiger partial charge in [0, 0.05) is 27.1 Å². The molecule has 0 aromatic heterocycles. The van der Waals surface area contributed by atoms with E-state index >= 15 is 0 Å². The van der Waals surface area contributed by atoms with E-state index in [0.29, 0.717) is 0 Å². The van der Waals surface area contributed by atoms with Gasteiger partial charge in [0.1, 0.15) is 0 Å². The zero-order chi connectivity index (χ0) is 4.99. The van der Waals surface area contributed by atoms with Gasteiger partial charge < -0.3 is 4.79 Å². The molecule has 0 fully saturated rings. The van der Waals surface area contributed by atoms with Crippen molar-refractivity contribution in [3.05, 3.63) is 0 Å². The van der Waals surface area contributed by atoms with Gasteiger partial charge in [0.15, 0.2) is 0 Å². The Balaban J connectivity index is 0. The first-order valence-electron chi connectivity index (χ1n) is 1.58. The molecule has 0 saturated heterocycles. The van der Waals surface area contributed by atoms with Crippen molar-refractivity contribution < 1.29 is 25.9 Å². The number of hydrogen-bond donors (Lipinski definition) is 0. The van der Waals surface area contributed by atoms with Crippen molar-refractivity contribution in [2.45, 2.75) is 6.92 Å². The van der Waals surface area contributed by atoms with Gasteiger partial charge in [0.25, 0.3) is 0 Å². The largest absolute Gasteiger partial charge is 0.541 e. The van der Waals surface area contributed by atoms with Crippen molar-refractivity contribution in [3.63, 3.8) is 0 Å². The minimum atomic E-state index is -0.565. The standard InChI is InChI=1S/C4H4NO.W/c1-4(2-5)3-6;/h4H,1H3;/q-1;. The molecule has 3 heteroatoms. The van der Waals surface area contributed by atoms with E-state index in [1.807, 2.05) is 0 Å². The number of nitriles is 1. The van der Waals surface area contributed by atoms with Crippen LogP contribution >= 0.6 is 0 Å². The van der Waals surface area contributed by atoms with E-state index in [9.17, 15) is 4.79 Å². The van der Waals surface area contributed by atoms with Crippen molar-refractivity contribution in [1.82, 2.24) is 0 Å². The SMILES string of the molecule is CC(C#N)[C-]=O.[W]. The van der Waals surface area contributed by atoms with Crippen LogP contribution in [-0.4, -0.2) is 6.29 Å². The molecule has 0 aliphatic carbocycles. The molecule has 1 unspecified atom stereocenters. The van der Waals surface area contributed by atoms with E-state index in [1.54, 1.807) is 6.07 Å². The zero-order valence-electron chi connectivity index (χ0n) is 3.84. The van der Waals surface area contributed by atoms with Gasteiger partial charge >= 0.3 is 0 Å². The van der Waals surface area contributed by atoms with Crippen LogP contribution < -0.4 is 0 Å². The van der Waals surface area contributed by atoms with E-state index in [0.717, 1.165) is 0 Å². The fraction of sp³-hybridized carbons (Fsp3) is 0.500. The summed E-state index contributed by atoms with van der Waals surface area (Å²) in [5.74, 6) is -0.565. The van der Waals surface area contributed by atoms with Gasteiger partial charge in [-0.3, -0.25) is 0 Å². The van der Waals surface area contributed by atoms with Gasteiger partial charge in [-0.2, -0.15) is 0 Å². The van der Waals surface area contributed by atoms with Crippen LogP contribution in [0.2, 0.25) is 0 Å². The number of hydrogen-bond acceptors (Lipinski definition) is 2. The van der Waals surface area contributed by atoms with Crippen LogP contribution in [0, 0.1) is 17.2 Å². The molecule has 0 aromatic rings. The van der Waals surface area contributed by atoms with Crippen molar-refractivity contribution in [2.75, 3.05) is 0 Å². The molecule has 0 aliphatic heterocycles. The molecular weight excluding hydrogens is 262 g/mol. The molecule has 0 heterocycles. The Morgan fingerprint density at radius 1 is 1.86 bits per heavy atom. The molecule has 7 heavy (non-hydrogen) atoms. The third-order valence-electron chi connectivity index (χ3n) is 0.370. The second-order valence-corrected chi connectivity index (χ2v) is 0.969. The van der Waals surface area contributed by atoms with Crippen molar-refractivity contribution in [3.8, 4) is 6.07 Å². The van der Waals surface area contributed by atoms with Crippen molar-refractivity contribution >= 4 is 6.29 Å². The fourth-order valence-electron chi connectivity index (χ4n) is 0.0264. The molecule has 2 nitrogen and oxygen atoms in total. The minimum absolute atomic E-state index is 0. The molecule has 0 saturated carbocycles. The van der Waals surface area contributed by atoms with Gasteiger partial charge in [-0.05, 0) is 0 Å². The average molecular weight is 266 g/mol. The Bertz CT molecular complexity index is 86.2. The Hall–Kier alpha value is -0.152. The van der Waals surface area contributed by atoms with Crippen LogP contribution in [0.15, 0.2) is 0 Å². The van der Waals surface area contributed by atoms with E-state index in [4.69, 9.17) is 5.26 Å². The molecule has 0 bridgehead atoms. The van der Waals surface area contributed by atoms with Crippen molar-refractivity contribution in [2.24, 2.45) is 5.92 Å². The van der Waals surface area contributed by atoms with E-state index in [-0.39, 0.29) is 21.1 Å². The van der Waals surface area contributed by atoms with Crippen LogP contribution in [-0.2, 0) is 25.9 Å². The molecule has 0 radical (unpaired) electrons. The third kappa shape index (κ3) is 5.85. The molecule has 1 atom stereocenters. The molecule has 0 spiro atoms. The van der Waals surface area contributed by atoms with Crippen molar-refractivity contribution in [1.29, 1.82) is 5.26 Å². The molecule has 38 valence electrons. The van der Waals surface area contributed by atoms with Crippen LogP contribution in [0.25, 0.3) is 0 Å². The summed E-state index contributed by atoms with van der Waals surface area (Å²) in [6, 6.07) is 1.69. The maximum Gasteiger partial charge on any atom is 0.0360 e. The fourth-order valence-corrected chi connectivity index (χ4v) is 0.0264. The molecule has 0 aliphatic rings. The van der Waals surface area contributed by atoms with E-state index in [1.165, 1.54) is 13.2 Å². The summed E-state index contributed by atoms with van der Waals surface area (Å²) >= 11 is 0. The van der Waals surface area contributed by atoms with Gasteiger partial charge in [-0.15, -0.1) is 0 Å². The minimum Gasteiger partial charge on any atom is -0.541 e. The summed E-state index contributed by atoms with van der Waals surface area (Å²) in [6.07, 6.45) is 1.50. The molecule has 0 aromatic carbocycles. The summed E-state index contributed by atoms with van der Waals surface area (Å²) in [6.45, 7) is 1.49. The zero-order valence-corrected chi connectivity index (χ0v) is 6.77. The van der Waals surface area contributed by atoms with Crippen LogP contribution in [0.1, 0.15) is 6.92 Å². The van der Waals surface area contributed by atoms with Crippen LogP contribution in [0.4, 0.5) is 0 Å². The van der Waals surface area contributed by atoms with E-state index < -0.39 is 5.92 Å². The smallest absolute Gasteiger partial charge is 0.0360 e. The first kappa shape index (κ1) is 9.96.